The highest BCUT2D eigenvalue weighted by atomic mass is 32.2. The molecular weight excluding hydrogens is 278 g/mol. The monoisotopic (exact) mass is 299 g/mol. The minimum Gasteiger partial charge on any atom is -0.481 e. The molecule has 1 atom stereocenters. The first kappa shape index (κ1) is 16.7. The van der Waals surface area contributed by atoms with Crippen LogP contribution in [0.1, 0.15) is 31.7 Å². The largest absolute Gasteiger partial charge is 0.481 e. The van der Waals surface area contributed by atoms with E-state index in [1.54, 1.807) is 6.92 Å². The SMILES string of the molecule is CCN(CCC(=O)O)S(=O)(=O)CC(C)c1ccccc1. The van der Waals surface area contributed by atoms with Gasteiger partial charge in [-0.3, -0.25) is 4.79 Å². The second kappa shape index (κ2) is 7.40. The van der Waals surface area contributed by atoms with Crippen molar-refractivity contribution in [3.8, 4) is 0 Å². The number of carbonyl (C=O) groups is 1. The molecule has 0 saturated carbocycles. The van der Waals surface area contributed by atoms with E-state index >= 15 is 0 Å². The molecular formula is C14H21NO4S. The van der Waals surface area contributed by atoms with Gasteiger partial charge in [0.25, 0.3) is 0 Å². The molecule has 0 aliphatic carbocycles. The van der Waals surface area contributed by atoms with Crippen molar-refractivity contribution < 1.29 is 18.3 Å². The van der Waals surface area contributed by atoms with E-state index in [2.05, 4.69) is 0 Å². The first-order valence-corrected chi connectivity index (χ1v) is 8.22. The van der Waals surface area contributed by atoms with Crippen LogP contribution in [-0.2, 0) is 14.8 Å². The number of benzene rings is 1. The maximum absolute atomic E-state index is 12.3. The summed E-state index contributed by atoms with van der Waals surface area (Å²) >= 11 is 0. The van der Waals surface area contributed by atoms with E-state index in [1.165, 1.54) is 4.31 Å². The Bertz CT molecular complexity index is 527. The first-order valence-electron chi connectivity index (χ1n) is 6.61. The molecule has 20 heavy (non-hydrogen) atoms. The number of carboxylic acids is 1. The summed E-state index contributed by atoms with van der Waals surface area (Å²) in [6, 6.07) is 9.43. The van der Waals surface area contributed by atoms with Crippen LogP contribution in [0.4, 0.5) is 0 Å². The van der Waals surface area contributed by atoms with Gasteiger partial charge in [-0.25, -0.2) is 12.7 Å². The van der Waals surface area contributed by atoms with Crippen LogP contribution < -0.4 is 0 Å². The maximum Gasteiger partial charge on any atom is 0.304 e. The average molecular weight is 299 g/mol. The normalized spacial score (nSPS) is 13.3. The number of rotatable bonds is 8. The van der Waals surface area contributed by atoms with Crippen molar-refractivity contribution in [2.24, 2.45) is 0 Å². The second-order valence-electron chi connectivity index (χ2n) is 4.73. The molecule has 6 heteroatoms. The third kappa shape index (κ3) is 4.94. The molecule has 0 bridgehead atoms. The minimum absolute atomic E-state index is 0.00945. The summed E-state index contributed by atoms with van der Waals surface area (Å²) in [6.45, 7) is 3.89. The molecule has 0 heterocycles. The summed E-state index contributed by atoms with van der Waals surface area (Å²) in [5.74, 6) is -1.13. The number of nitrogens with zero attached hydrogens (tertiary/aromatic N) is 1. The van der Waals surface area contributed by atoms with Crippen molar-refractivity contribution >= 4 is 16.0 Å². The Hall–Kier alpha value is -1.40. The molecule has 0 aliphatic rings. The first-order chi connectivity index (χ1) is 9.36. The van der Waals surface area contributed by atoms with E-state index in [4.69, 9.17) is 5.11 Å². The van der Waals surface area contributed by atoms with E-state index < -0.39 is 16.0 Å². The molecule has 1 unspecified atom stereocenters. The summed E-state index contributed by atoms with van der Waals surface area (Å²) in [7, 11) is -3.45. The number of sulfonamides is 1. The standard InChI is InChI=1S/C14H21NO4S/c1-3-15(10-9-14(16)17)20(18,19)11-12(2)13-7-5-4-6-8-13/h4-8,12H,3,9-11H2,1-2H3,(H,16,17). The van der Waals surface area contributed by atoms with Crippen LogP contribution in [0.2, 0.25) is 0 Å². The fourth-order valence-electron chi connectivity index (χ4n) is 2.01. The quantitative estimate of drug-likeness (QED) is 0.795. The lowest BCUT2D eigenvalue weighted by molar-refractivity contribution is -0.137. The van der Waals surface area contributed by atoms with Crippen LogP contribution >= 0.6 is 0 Å². The summed E-state index contributed by atoms with van der Waals surface area (Å²) in [5.41, 5.74) is 0.963. The van der Waals surface area contributed by atoms with Crippen LogP contribution in [-0.4, -0.2) is 42.6 Å². The van der Waals surface area contributed by atoms with Crippen molar-refractivity contribution in [3.05, 3.63) is 35.9 Å². The van der Waals surface area contributed by atoms with Gasteiger partial charge in [0, 0.05) is 13.1 Å². The zero-order valence-corrected chi connectivity index (χ0v) is 12.6. The molecule has 1 aromatic rings. The highest BCUT2D eigenvalue weighted by Gasteiger charge is 2.24. The highest BCUT2D eigenvalue weighted by Crippen LogP contribution is 2.18. The van der Waals surface area contributed by atoms with Crippen LogP contribution in [0.15, 0.2) is 30.3 Å². The molecule has 1 N–H and O–H groups in total. The molecule has 0 spiro atoms. The molecule has 0 amide bonds. The lowest BCUT2D eigenvalue weighted by atomic mass is 10.0. The van der Waals surface area contributed by atoms with Gasteiger partial charge in [0.1, 0.15) is 0 Å². The molecule has 0 fully saturated rings. The van der Waals surface area contributed by atoms with E-state index in [9.17, 15) is 13.2 Å². The smallest absolute Gasteiger partial charge is 0.304 e. The van der Waals surface area contributed by atoms with Crippen LogP contribution in [0, 0.1) is 0 Å². The molecule has 5 nitrogen and oxygen atoms in total. The van der Waals surface area contributed by atoms with Gasteiger partial charge >= 0.3 is 5.97 Å². The summed E-state index contributed by atoms with van der Waals surface area (Å²) in [4.78, 5) is 10.6. The van der Waals surface area contributed by atoms with E-state index in [0.29, 0.717) is 0 Å². The van der Waals surface area contributed by atoms with Crippen LogP contribution in [0.5, 0.6) is 0 Å². The Balaban J connectivity index is 2.74. The second-order valence-corrected chi connectivity index (χ2v) is 6.74. The molecule has 1 aromatic carbocycles. The van der Waals surface area contributed by atoms with Crippen molar-refractivity contribution in [2.45, 2.75) is 26.2 Å². The predicted molar refractivity (Wildman–Crippen MR) is 78.1 cm³/mol. The van der Waals surface area contributed by atoms with E-state index in [-0.39, 0.29) is 31.2 Å². The van der Waals surface area contributed by atoms with Crippen molar-refractivity contribution in [3.63, 3.8) is 0 Å². The van der Waals surface area contributed by atoms with Gasteiger partial charge in [-0.2, -0.15) is 0 Å². The summed E-state index contributed by atoms with van der Waals surface area (Å²) < 4.78 is 25.8. The third-order valence-electron chi connectivity index (χ3n) is 3.15. The Labute approximate surface area is 120 Å². The topological polar surface area (TPSA) is 74.7 Å². The van der Waals surface area contributed by atoms with Gasteiger partial charge in [0.15, 0.2) is 0 Å². The third-order valence-corrected chi connectivity index (χ3v) is 5.30. The summed E-state index contributed by atoms with van der Waals surface area (Å²) in [6.07, 6.45) is -0.174. The maximum atomic E-state index is 12.3. The fourth-order valence-corrected chi connectivity index (χ4v) is 3.81. The molecule has 0 saturated heterocycles. The van der Waals surface area contributed by atoms with Crippen LogP contribution in [0.3, 0.4) is 0 Å². The van der Waals surface area contributed by atoms with Crippen LogP contribution in [0.25, 0.3) is 0 Å². The Morgan fingerprint density at radius 3 is 2.40 bits per heavy atom. The lowest BCUT2D eigenvalue weighted by Gasteiger charge is -2.22. The molecule has 1 rings (SSSR count). The molecule has 112 valence electrons. The molecule has 0 aromatic heterocycles. The van der Waals surface area contributed by atoms with Crippen molar-refractivity contribution in [1.82, 2.24) is 4.31 Å². The van der Waals surface area contributed by atoms with E-state index in [0.717, 1.165) is 5.56 Å². The zero-order chi connectivity index (χ0) is 15.2. The predicted octanol–water partition coefficient (Wildman–Crippen LogP) is 1.92. The Morgan fingerprint density at radius 1 is 1.30 bits per heavy atom. The number of aliphatic carboxylic acids is 1. The average Bonchev–Trinajstić information content (AvgIpc) is 2.39. The molecule has 0 radical (unpaired) electrons. The number of hydrogen-bond acceptors (Lipinski definition) is 3. The fraction of sp³-hybridized carbons (Fsp3) is 0.500. The van der Waals surface area contributed by atoms with Gasteiger partial charge in [-0.1, -0.05) is 44.2 Å². The zero-order valence-electron chi connectivity index (χ0n) is 11.8. The van der Waals surface area contributed by atoms with Gasteiger partial charge in [0.2, 0.25) is 10.0 Å². The number of hydrogen-bond donors (Lipinski definition) is 1. The lowest BCUT2D eigenvalue weighted by Crippen LogP contribution is -2.35. The van der Waals surface area contributed by atoms with Crippen molar-refractivity contribution in [1.29, 1.82) is 0 Å². The highest BCUT2D eigenvalue weighted by molar-refractivity contribution is 7.89. The van der Waals surface area contributed by atoms with Gasteiger partial charge in [-0.15, -0.1) is 0 Å². The Morgan fingerprint density at radius 2 is 1.90 bits per heavy atom. The summed E-state index contributed by atoms with van der Waals surface area (Å²) in [5, 5.41) is 8.66. The molecule has 0 aliphatic heterocycles. The van der Waals surface area contributed by atoms with Crippen molar-refractivity contribution in [2.75, 3.05) is 18.8 Å². The Kier molecular flexibility index (Phi) is 6.16. The van der Waals surface area contributed by atoms with Gasteiger partial charge < -0.3 is 5.11 Å². The number of carboxylic acid groups (broad SMARTS) is 1. The minimum atomic E-state index is -3.45. The van der Waals surface area contributed by atoms with E-state index in [1.807, 2.05) is 37.3 Å². The van der Waals surface area contributed by atoms with Gasteiger partial charge in [-0.05, 0) is 11.5 Å². The van der Waals surface area contributed by atoms with Gasteiger partial charge in [0.05, 0.1) is 12.2 Å².